The fourth-order valence-corrected chi connectivity index (χ4v) is 1.77. The van der Waals surface area contributed by atoms with Crippen LogP contribution in [0.3, 0.4) is 0 Å². The van der Waals surface area contributed by atoms with Crippen LogP contribution in [0.2, 0.25) is 0 Å². The van der Waals surface area contributed by atoms with Crippen LogP contribution in [0.1, 0.15) is 27.7 Å². The molecule has 0 aromatic carbocycles. The molecule has 0 amide bonds. The molecular weight excluding hydrogens is 330 g/mol. The summed E-state index contributed by atoms with van der Waals surface area (Å²) >= 11 is 0. The van der Waals surface area contributed by atoms with Gasteiger partial charge in [0.05, 0.1) is 22.9 Å². The zero-order valence-corrected chi connectivity index (χ0v) is 14.3. The van der Waals surface area contributed by atoms with E-state index in [-0.39, 0.29) is 12.0 Å². The summed E-state index contributed by atoms with van der Waals surface area (Å²) < 4.78 is 26.9. The Morgan fingerprint density at radius 2 is 1.12 bits per heavy atom. The molecule has 2 heterocycles. The second kappa shape index (κ2) is 8.24. The van der Waals surface area contributed by atoms with E-state index in [1.807, 2.05) is 0 Å². The molecule has 0 saturated carbocycles. The molecule has 4 N–H and O–H groups in total. The van der Waals surface area contributed by atoms with Crippen LogP contribution in [0.4, 0.5) is 0 Å². The first-order chi connectivity index (χ1) is 11.8. The summed E-state index contributed by atoms with van der Waals surface area (Å²) in [5.74, 6) is 0.902. The fourth-order valence-electron chi connectivity index (χ4n) is 1.77. The van der Waals surface area contributed by atoms with E-state index >= 15 is 0 Å². The molecule has 0 bridgehead atoms. The van der Waals surface area contributed by atoms with E-state index in [2.05, 4.69) is 20.4 Å². The van der Waals surface area contributed by atoms with Gasteiger partial charge in [-0.3, -0.25) is 0 Å². The predicted octanol–water partition coefficient (Wildman–Crippen LogP) is 0.255. The Kier molecular flexibility index (Phi) is 6.06. The molecule has 0 aromatic heterocycles. The molecule has 0 spiro atoms. The van der Waals surface area contributed by atoms with Crippen LogP contribution in [0.15, 0.2) is 44.1 Å². The SMILES string of the molecule is CC1=CC(C)=NN=C(N)OB(OB2OC(C)=CC(C)=NN=C(N)O2)O1. The Bertz CT molecular complexity index is 644. The minimum atomic E-state index is -1.32. The van der Waals surface area contributed by atoms with Gasteiger partial charge < -0.3 is 34.7 Å². The number of hydrogen-bond acceptors (Lipinski definition) is 11. The Morgan fingerprint density at radius 1 is 0.720 bits per heavy atom. The second-order valence-corrected chi connectivity index (χ2v) is 5.05. The van der Waals surface area contributed by atoms with Crippen molar-refractivity contribution in [3.8, 4) is 0 Å². The standard InChI is InChI=1S/C12H18B2N6O5/c1-7-5-9(3)21-13(23-11(15)19-17-7)25-14-22-10(4)6-8(2)18-20-12(16)24-14/h5-6H,1-4H3,(H2,15,19)(H2,16,20). The first-order valence-corrected chi connectivity index (χ1v) is 7.26. The van der Waals surface area contributed by atoms with E-state index in [0.29, 0.717) is 22.9 Å². The van der Waals surface area contributed by atoms with Gasteiger partial charge in [0.25, 0.3) is 12.0 Å². The van der Waals surface area contributed by atoms with Crippen LogP contribution in [0.25, 0.3) is 0 Å². The summed E-state index contributed by atoms with van der Waals surface area (Å²) in [6.07, 6.45) is 3.26. The minimum absolute atomic E-state index is 0.261. The largest absolute Gasteiger partial charge is 0.779 e. The first kappa shape index (κ1) is 18.4. The van der Waals surface area contributed by atoms with E-state index in [9.17, 15) is 0 Å². The first-order valence-electron chi connectivity index (χ1n) is 7.26. The molecule has 0 saturated heterocycles. The monoisotopic (exact) mass is 348 g/mol. The molecule has 2 aliphatic rings. The highest BCUT2D eigenvalue weighted by atomic mass is 16.8. The molecule has 2 rings (SSSR count). The van der Waals surface area contributed by atoms with Crippen LogP contribution in [-0.2, 0) is 23.2 Å². The lowest BCUT2D eigenvalue weighted by Gasteiger charge is -2.19. The maximum Gasteiger partial charge on any atom is 0.779 e. The van der Waals surface area contributed by atoms with Gasteiger partial charge in [0.2, 0.25) is 0 Å². The normalized spacial score (nSPS) is 19.0. The quantitative estimate of drug-likeness (QED) is 0.680. The summed E-state index contributed by atoms with van der Waals surface area (Å²) in [6.45, 7) is 6.82. The van der Waals surface area contributed by atoms with Crippen molar-refractivity contribution in [2.75, 3.05) is 0 Å². The highest BCUT2D eigenvalue weighted by Gasteiger charge is 2.41. The van der Waals surface area contributed by atoms with Crippen molar-refractivity contribution in [3.63, 3.8) is 0 Å². The molecule has 0 aromatic rings. The average Bonchev–Trinajstić information content (AvgIpc) is 2.58. The molecule has 0 atom stereocenters. The Hall–Kier alpha value is -2.95. The van der Waals surface area contributed by atoms with E-state index in [0.717, 1.165) is 0 Å². The van der Waals surface area contributed by atoms with Gasteiger partial charge in [-0.05, 0) is 39.8 Å². The summed E-state index contributed by atoms with van der Waals surface area (Å²) in [7, 11) is -2.65. The second-order valence-electron chi connectivity index (χ2n) is 5.05. The van der Waals surface area contributed by atoms with E-state index in [4.69, 9.17) is 34.7 Å². The number of hydrogen-bond donors (Lipinski definition) is 2. The van der Waals surface area contributed by atoms with Gasteiger partial charge in [-0.15, -0.1) is 0 Å². The summed E-state index contributed by atoms with van der Waals surface area (Å²) in [5.41, 5.74) is 12.4. The number of rotatable bonds is 2. The van der Waals surface area contributed by atoms with Crippen LogP contribution in [-0.4, -0.2) is 38.1 Å². The molecule has 132 valence electrons. The molecule has 0 radical (unpaired) electrons. The molecule has 2 aliphatic heterocycles. The molecule has 25 heavy (non-hydrogen) atoms. The predicted molar refractivity (Wildman–Crippen MR) is 93.9 cm³/mol. The number of allylic oxidation sites excluding steroid dienone is 4. The van der Waals surface area contributed by atoms with Crippen molar-refractivity contribution in [2.24, 2.45) is 31.9 Å². The molecular formula is C12H18B2N6O5. The van der Waals surface area contributed by atoms with Gasteiger partial charge in [0, 0.05) is 0 Å². The van der Waals surface area contributed by atoms with Crippen LogP contribution < -0.4 is 11.5 Å². The Morgan fingerprint density at radius 3 is 1.52 bits per heavy atom. The third kappa shape index (κ3) is 6.22. The summed E-state index contributed by atoms with van der Waals surface area (Å²) in [4.78, 5) is 0. The van der Waals surface area contributed by atoms with Gasteiger partial charge in [-0.1, -0.05) is 10.2 Å². The molecule has 13 heteroatoms. The summed E-state index contributed by atoms with van der Waals surface area (Å²) in [6, 6.07) is -0.521. The zero-order chi connectivity index (χ0) is 18.4. The third-order valence-corrected chi connectivity index (χ3v) is 2.66. The minimum Gasteiger partial charge on any atom is -0.505 e. The van der Waals surface area contributed by atoms with Crippen LogP contribution in [0, 0.1) is 0 Å². The van der Waals surface area contributed by atoms with Crippen molar-refractivity contribution in [1.82, 2.24) is 0 Å². The lowest BCUT2D eigenvalue weighted by Crippen LogP contribution is -2.42. The van der Waals surface area contributed by atoms with E-state index in [1.54, 1.807) is 39.8 Å². The molecule has 0 unspecified atom stereocenters. The maximum absolute atomic E-state index is 5.61. The zero-order valence-electron chi connectivity index (χ0n) is 14.3. The van der Waals surface area contributed by atoms with Crippen molar-refractivity contribution in [3.05, 3.63) is 23.7 Å². The van der Waals surface area contributed by atoms with Crippen molar-refractivity contribution >= 4 is 38.1 Å². The van der Waals surface area contributed by atoms with Crippen LogP contribution in [0.5, 0.6) is 0 Å². The van der Waals surface area contributed by atoms with Crippen molar-refractivity contribution in [1.29, 1.82) is 0 Å². The van der Waals surface area contributed by atoms with Gasteiger partial charge in [0.1, 0.15) is 0 Å². The van der Waals surface area contributed by atoms with Crippen molar-refractivity contribution in [2.45, 2.75) is 27.7 Å². The Balaban J connectivity index is 2.16. The lowest BCUT2D eigenvalue weighted by molar-refractivity contribution is 0.182. The van der Waals surface area contributed by atoms with Gasteiger partial charge >= 0.3 is 14.6 Å². The van der Waals surface area contributed by atoms with Crippen molar-refractivity contribution < 1.29 is 23.2 Å². The number of amidine groups is 2. The molecule has 0 fully saturated rings. The van der Waals surface area contributed by atoms with Gasteiger partial charge in [-0.2, -0.15) is 10.2 Å². The van der Waals surface area contributed by atoms with Gasteiger partial charge in [-0.25, -0.2) is 0 Å². The topological polar surface area (TPSA) is 148 Å². The molecule has 11 nitrogen and oxygen atoms in total. The van der Waals surface area contributed by atoms with Crippen LogP contribution >= 0.6 is 0 Å². The third-order valence-electron chi connectivity index (χ3n) is 2.66. The highest BCUT2D eigenvalue weighted by molar-refractivity contribution is 6.54. The number of nitrogens with zero attached hydrogens (tertiary/aromatic N) is 4. The fraction of sp³-hybridized carbons (Fsp3) is 0.333. The molecule has 0 aliphatic carbocycles. The lowest BCUT2D eigenvalue weighted by atomic mass is 10.1. The van der Waals surface area contributed by atoms with Gasteiger partial charge in [0.15, 0.2) is 0 Å². The summed E-state index contributed by atoms with van der Waals surface area (Å²) in [5, 5.41) is 15.1. The highest BCUT2D eigenvalue weighted by Crippen LogP contribution is 2.11. The smallest absolute Gasteiger partial charge is 0.505 e. The Labute approximate surface area is 145 Å². The average molecular weight is 348 g/mol. The van der Waals surface area contributed by atoms with E-state index in [1.165, 1.54) is 0 Å². The number of nitrogens with two attached hydrogens (primary N) is 2. The van der Waals surface area contributed by atoms with E-state index < -0.39 is 14.6 Å². The maximum atomic E-state index is 5.61.